The van der Waals surface area contributed by atoms with E-state index in [-0.39, 0.29) is 5.97 Å². The van der Waals surface area contributed by atoms with E-state index in [4.69, 9.17) is 4.74 Å². The minimum atomic E-state index is 0.0190. The standard InChI is InChI=1S/C30H60O2/c1-3-5-7-9-11-12-13-14-15-16-17-18-19-20-21-22-23-24-26-28-30(31)32-29-27-25-10-8-6-4-2/h3-29H2,1-2H3. The van der Waals surface area contributed by atoms with Crippen molar-refractivity contribution in [3.63, 3.8) is 0 Å². The zero-order chi connectivity index (χ0) is 23.4. The summed E-state index contributed by atoms with van der Waals surface area (Å²) in [6.07, 6.45) is 34.4. The molecule has 32 heavy (non-hydrogen) atoms. The van der Waals surface area contributed by atoms with E-state index in [1.165, 1.54) is 148 Å². The van der Waals surface area contributed by atoms with Gasteiger partial charge in [-0.1, -0.05) is 162 Å². The molecule has 0 aliphatic rings. The molecule has 2 heteroatoms. The van der Waals surface area contributed by atoms with E-state index in [0.717, 1.165) is 12.8 Å². The van der Waals surface area contributed by atoms with Crippen molar-refractivity contribution in [3.05, 3.63) is 0 Å². The van der Waals surface area contributed by atoms with Crippen LogP contribution in [0.5, 0.6) is 0 Å². The Kier molecular flexibility index (Phi) is 28.0. The maximum absolute atomic E-state index is 11.7. The summed E-state index contributed by atoms with van der Waals surface area (Å²) in [6, 6.07) is 0. The molecule has 0 rings (SSSR count). The number of hydrogen-bond acceptors (Lipinski definition) is 2. The highest BCUT2D eigenvalue weighted by atomic mass is 16.5. The molecule has 0 aliphatic carbocycles. The molecule has 0 spiro atoms. The minimum Gasteiger partial charge on any atom is -0.466 e. The van der Waals surface area contributed by atoms with E-state index in [1.807, 2.05) is 0 Å². The van der Waals surface area contributed by atoms with Gasteiger partial charge in [-0.15, -0.1) is 0 Å². The van der Waals surface area contributed by atoms with Gasteiger partial charge in [0.15, 0.2) is 0 Å². The molecule has 0 heterocycles. The smallest absolute Gasteiger partial charge is 0.305 e. The van der Waals surface area contributed by atoms with Crippen molar-refractivity contribution in [2.75, 3.05) is 6.61 Å². The molecular formula is C30H60O2. The van der Waals surface area contributed by atoms with Gasteiger partial charge in [-0.3, -0.25) is 4.79 Å². The first-order valence-corrected chi connectivity index (χ1v) is 15.0. The molecule has 0 aromatic carbocycles. The lowest BCUT2D eigenvalue weighted by Crippen LogP contribution is -2.05. The molecule has 0 unspecified atom stereocenters. The summed E-state index contributed by atoms with van der Waals surface area (Å²) in [6.45, 7) is 5.16. The minimum absolute atomic E-state index is 0.0190. The van der Waals surface area contributed by atoms with Crippen LogP contribution >= 0.6 is 0 Å². The summed E-state index contributed by atoms with van der Waals surface area (Å²) in [4.78, 5) is 11.7. The van der Waals surface area contributed by atoms with E-state index in [2.05, 4.69) is 13.8 Å². The third kappa shape index (κ3) is 27.5. The maximum atomic E-state index is 11.7. The van der Waals surface area contributed by atoms with Gasteiger partial charge in [-0.2, -0.15) is 0 Å². The van der Waals surface area contributed by atoms with Gasteiger partial charge in [0.1, 0.15) is 0 Å². The van der Waals surface area contributed by atoms with E-state index >= 15 is 0 Å². The highest BCUT2D eigenvalue weighted by Crippen LogP contribution is 2.15. The van der Waals surface area contributed by atoms with Gasteiger partial charge >= 0.3 is 5.97 Å². The number of rotatable bonds is 27. The number of unbranched alkanes of at least 4 members (excludes halogenated alkanes) is 23. The second-order valence-electron chi connectivity index (χ2n) is 10.1. The monoisotopic (exact) mass is 452 g/mol. The van der Waals surface area contributed by atoms with E-state index in [1.54, 1.807) is 0 Å². The zero-order valence-electron chi connectivity index (χ0n) is 22.4. The first-order valence-electron chi connectivity index (χ1n) is 15.0. The van der Waals surface area contributed by atoms with Gasteiger partial charge in [-0.25, -0.2) is 0 Å². The maximum Gasteiger partial charge on any atom is 0.305 e. The van der Waals surface area contributed by atoms with Crippen LogP contribution in [0.1, 0.15) is 181 Å². The Morgan fingerprint density at radius 2 is 0.688 bits per heavy atom. The lowest BCUT2D eigenvalue weighted by Gasteiger charge is -2.05. The van der Waals surface area contributed by atoms with Crippen molar-refractivity contribution in [2.45, 2.75) is 181 Å². The van der Waals surface area contributed by atoms with Gasteiger partial charge in [-0.05, 0) is 12.8 Å². The Bertz CT molecular complexity index is 353. The topological polar surface area (TPSA) is 26.3 Å². The number of carbonyl (C=O) groups excluding carboxylic acids is 1. The fourth-order valence-corrected chi connectivity index (χ4v) is 4.49. The fourth-order valence-electron chi connectivity index (χ4n) is 4.49. The van der Waals surface area contributed by atoms with Crippen LogP contribution in [0.25, 0.3) is 0 Å². The van der Waals surface area contributed by atoms with Gasteiger partial charge in [0, 0.05) is 6.42 Å². The van der Waals surface area contributed by atoms with E-state index in [9.17, 15) is 4.79 Å². The molecular weight excluding hydrogens is 392 g/mol. The SMILES string of the molecule is CCCCCCCCCCCCCCCCCCCCCC(=O)OCCCCCCCC. The quantitative estimate of drug-likeness (QED) is 0.0914. The fraction of sp³-hybridized carbons (Fsp3) is 0.967. The lowest BCUT2D eigenvalue weighted by molar-refractivity contribution is -0.143. The second-order valence-corrected chi connectivity index (χ2v) is 10.1. The van der Waals surface area contributed by atoms with Crippen molar-refractivity contribution in [1.29, 1.82) is 0 Å². The molecule has 0 amide bonds. The van der Waals surface area contributed by atoms with Crippen molar-refractivity contribution < 1.29 is 9.53 Å². The molecule has 0 atom stereocenters. The molecule has 0 saturated carbocycles. The Morgan fingerprint density at radius 1 is 0.406 bits per heavy atom. The van der Waals surface area contributed by atoms with E-state index < -0.39 is 0 Å². The van der Waals surface area contributed by atoms with Crippen molar-refractivity contribution in [3.8, 4) is 0 Å². The summed E-state index contributed by atoms with van der Waals surface area (Å²) in [5.41, 5.74) is 0. The summed E-state index contributed by atoms with van der Waals surface area (Å²) in [5.74, 6) is 0.0190. The highest BCUT2D eigenvalue weighted by Gasteiger charge is 2.02. The molecule has 0 saturated heterocycles. The molecule has 0 aromatic heterocycles. The molecule has 0 radical (unpaired) electrons. The Labute approximate surface area is 203 Å². The number of hydrogen-bond donors (Lipinski definition) is 0. The molecule has 0 aromatic rings. The highest BCUT2D eigenvalue weighted by molar-refractivity contribution is 5.69. The first kappa shape index (κ1) is 31.5. The van der Waals surface area contributed by atoms with Crippen LogP contribution in [0.2, 0.25) is 0 Å². The van der Waals surface area contributed by atoms with Crippen LogP contribution < -0.4 is 0 Å². The van der Waals surface area contributed by atoms with Crippen LogP contribution in [0.4, 0.5) is 0 Å². The normalized spacial score (nSPS) is 11.2. The Balaban J connectivity index is 3.10. The summed E-state index contributed by atoms with van der Waals surface area (Å²) < 4.78 is 5.35. The molecule has 0 aliphatic heterocycles. The van der Waals surface area contributed by atoms with Gasteiger partial charge in [0.05, 0.1) is 6.61 Å². The van der Waals surface area contributed by atoms with E-state index in [0.29, 0.717) is 13.0 Å². The summed E-state index contributed by atoms with van der Waals surface area (Å²) in [5, 5.41) is 0. The Hall–Kier alpha value is -0.530. The lowest BCUT2D eigenvalue weighted by atomic mass is 10.0. The number of esters is 1. The average molecular weight is 453 g/mol. The third-order valence-corrected chi connectivity index (χ3v) is 6.75. The van der Waals surface area contributed by atoms with Gasteiger partial charge in [0.25, 0.3) is 0 Å². The Morgan fingerprint density at radius 3 is 1.03 bits per heavy atom. The average Bonchev–Trinajstić information content (AvgIpc) is 2.80. The van der Waals surface area contributed by atoms with Crippen molar-refractivity contribution in [2.24, 2.45) is 0 Å². The van der Waals surface area contributed by atoms with Crippen LogP contribution in [0, 0.1) is 0 Å². The largest absolute Gasteiger partial charge is 0.466 e. The third-order valence-electron chi connectivity index (χ3n) is 6.75. The molecule has 0 fully saturated rings. The van der Waals surface area contributed by atoms with Crippen LogP contribution in [-0.4, -0.2) is 12.6 Å². The molecule has 0 N–H and O–H groups in total. The van der Waals surface area contributed by atoms with Crippen LogP contribution in [0.15, 0.2) is 0 Å². The molecule has 2 nitrogen and oxygen atoms in total. The number of carbonyl (C=O) groups is 1. The summed E-state index contributed by atoms with van der Waals surface area (Å²) in [7, 11) is 0. The van der Waals surface area contributed by atoms with Gasteiger partial charge < -0.3 is 4.74 Å². The summed E-state index contributed by atoms with van der Waals surface area (Å²) >= 11 is 0. The van der Waals surface area contributed by atoms with Crippen LogP contribution in [0.3, 0.4) is 0 Å². The first-order chi connectivity index (χ1) is 15.8. The molecule has 192 valence electrons. The zero-order valence-corrected chi connectivity index (χ0v) is 22.4. The number of ether oxygens (including phenoxy) is 1. The van der Waals surface area contributed by atoms with Gasteiger partial charge in [0.2, 0.25) is 0 Å². The van der Waals surface area contributed by atoms with Crippen molar-refractivity contribution >= 4 is 5.97 Å². The van der Waals surface area contributed by atoms with Crippen molar-refractivity contribution in [1.82, 2.24) is 0 Å². The predicted molar refractivity (Wildman–Crippen MR) is 142 cm³/mol. The molecule has 0 bridgehead atoms. The second kappa shape index (κ2) is 28.5. The van der Waals surface area contributed by atoms with Crippen LogP contribution in [-0.2, 0) is 9.53 Å². The predicted octanol–water partition coefficient (Wildman–Crippen LogP) is 10.7.